The molecule has 4 heteroatoms. The molecule has 0 spiro atoms. The third-order valence-corrected chi connectivity index (χ3v) is 2.27. The number of piperidine rings is 1. The molecule has 1 saturated heterocycles. The highest BCUT2D eigenvalue weighted by atomic mass is 16.4. The monoisotopic (exact) mass is 171 g/mol. The van der Waals surface area contributed by atoms with E-state index >= 15 is 0 Å². The van der Waals surface area contributed by atoms with Gasteiger partial charge in [0, 0.05) is 6.54 Å². The van der Waals surface area contributed by atoms with E-state index in [2.05, 4.69) is 0 Å². The molecule has 1 aliphatic rings. The summed E-state index contributed by atoms with van der Waals surface area (Å²) in [5.74, 6) is 0.372. The van der Waals surface area contributed by atoms with Crippen LogP contribution in [0.15, 0.2) is 0 Å². The average Bonchev–Trinajstić information content (AvgIpc) is 2.04. The van der Waals surface area contributed by atoms with E-state index in [1.54, 1.807) is 0 Å². The number of amides is 1. The lowest BCUT2D eigenvalue weighted by molar-refractivity contribution is -0.113. The summed E-state index contributed by atoms with van der Waals surface area (Å²) in [6, 6.07) is -0.418. The van der Waals surface area contributed by atoms with E-state index in [4.69, 9.17) is 5.11 Å². The van der Waals surface area contributed by atoms with E-state index in [1.807, 2.05) is 6.92 Å². The average molecular weight is 171 g/mol. The number of nitrogens with zero attached hydrogens (tertiary/aromatic N) is 1. The number of aldehydes is 1. The van der Waals surface area contributed by atoms with Crippen LogP contribution in [0.1, 0.15) is 19.8 Å². The van der Waals surface area contributed by atoms with Crippen molar-refractivity contribution in [1.82, 2.24) is 4.90 Å². The summed E-state index contributed by atoms with van der Waals surface area (Å²) in [6.07, 6.45) is 1.34. The van der Waals surface area contributed by atoms with Crippen molar-refractivity contribution in [2.24, 2.45) is 5.92 Å². The molecule has 0 aromatic carbocycles. The maximum absolute atomic E-state index is 10.6. The Bertz CT molecular complexity index is 193. The van der Waals surface area contributed by atoms with Crippen LogP contribution in [0, 0.1) is 5.92 Å². The van der Waals surface area contributed by atoms with Gasteiger partial charge in [-0.2, -0.15) is 0 Å². The SMILES string of the molecule is C[C@H]1CC[C@@H](C=O)N(C(=O)O)C1. The van der Waals surface area contributed by atoms with E-state index in [0.29, 0.717) is 18.9 Å². The van der Waals surface area contributed by atoms with Crippen LogP contribution in [-0.4, -0.2) is 35.0 Å². The number of rotatable bonds is 1. The Morgan fingerprint density at radius 1 is 1.58 bits per heavy atom. The molecule has 1 rings (SSSR count). The fraction of sp³-hybridized carbons (Fsp3) is 0.750. The molecule has 0 bridgehead atoms. The Labute approximate surface area is 71.2 Å². The van der Waals surface area contributed by atoms with Crippen LogP contribution in [0.4, 0.5) is 4.79 Å². The molecule has 0 unspecified atom stereocenters. The fourth-order valence-electron chi connectivity index (χ4n) is 1.54. The molecule has 0 aliphatic carbocycles. The molecular formula is C8H13NO3. The van der Waals surface area contributed by atoms with Crippen molar-refractivity contribution in [3.8, 4) is 0 Å². The second-order valence-corrected chi connectivity index (χ2v) is 3.32. The van der Waals surface area contributed by atoms with Gasteiger partial charge in [0.1, 0.15) is 6.29 Å². The van der Waals surface area contributed by atoms with Crippen LogP contribution in [0.2, 0.25) is 0 Å². The van der Waals surface area contributed by atoms with Gasteiger partial charge >= 0.3 is 6.09 Å². The number of hydrogen-bond donors (Lipinski definition) is 1. The van der Waals surface area contributed by atoms with E-state index in [9.17, 15) is 9.59 Å². The number of carbonyl (C=O) groups is 2. The molecule has 0 aromatic rings. The van der Waals surface area contributed by atoms with E-state index in [1.165, 1.54) is 4.90 Å². The predicted octanol–water partition coefficient (Wildman–Crippen LogP) is 0.964. The normalized spacial score (nSPS) is 29.9. The molecule has 12 heavy (non-hydrogen) atoms. The third-order valence-electron chi connectivity index (χ3n) is 2.27. The molecular weight excluding hydrogens is 158 g/mol. The van der Waals surface area contributed by atoms with Gasteiger partial charge in [-0.05, 0) is 18.8 Å². The molecule has 1 heterocycles. The van der Waals surface area contributed by atoms with Gasteiger partial charge in [-0.3, -0.25) is 4.90 Å². The minimum absolute atomic E-state index is 0.372. The van der Waals surface area contributed by atoms with E-state index in [0.717, 1.165) is 12.7 Å². The van der Waals surface area contributed by atoms with Gasteiger partial charge in [-0.1, -0.05) is 6.92 Å². The lowest BCUT2D eigenvalue weighted by atomic mass is 9.95. The Balaban J connectivity index is 2.63. The lowest BCUT2D eigenvalue weighted by Gasteiger charge is -2.33. The molecule has 1 aliphatic heterocycles. The maximum Gasteiger partial charge on any atom is 0.407 e. The zero-order chi connectivity index (χ0) is 9.14. The number of carboxylic acid groups (broad SMARTS) is 1. The van der Waals surface area contributed by atoms with Gasteiger partial charge in [0.05, 0.1) is 6.04 Å². The van der Waals surface area contributed by atoms with Gasteiger partial charge in [0.2, 0.25) is 0 Å². The van der Waals surface area contributed by atoms with Crippen molar-refractivity contribution < 1.29 is 14.7 Å². The lowest BCUT2D eigenvalue weighted by Crippen LogP contribution is -2.46. The predicted molar refractivity (Wildman–Crippen MR) is 43.0 cm³/mol. The minimum atomic E-state index is -0.987. The molecule has 1 N–H and O–H groups in total. The Morgan fingerprint density at radius 3 is 2.75 bits per heavy atom. The highest BCUT2D eigenvalue weighted by Crippen LogP contribution is 2.20. The Kier molecular flexibility index (Phi) is 2.68. The molecule has 1 amide bonds. The van der Waals surface area contributed by atoms with Gasteiger partial charge < -0.3 is 9.90 Å². The summed E-state index contributed by atoms with van der Waals surface area (Å²) in [4.78, 5) is 22.3. The first kappa shape index (κ1) is 9.03. The first-order chi connectivity index (χ1) is 5.65. The highest BCUT2D eigenvalue weighted by Gasteiger charge is 2.28. The molecule has 0 radical (unpaired) electrons. The first-order valence-electron chi connectivity index (χ1n) is 4.10. The summed E-state index contributed by atoms with van der Waals surface area (Å²) < 4.78 is 0. The topological polar surface area (TPSA) is 57.6 Å². The van der Waals surface area contributed by atoms with Gasteiger partial charge in [-0.15, -0.1) is 0 Å². The smallest absolute Gasteiger partial charge is 0.407 e. The molecule has 0 saturated carbocycles. The zero-order valence-corrected chi connectivity index (χ0v) is 7.06. The molecule has 0 aromatic heterocycles. The molecule has 1 fully saturated rings. The summed E-state index contributed by atoms with van der Waals surface area (Å²) in [5, 5.41) is 8.72. The van der Waals surface area contributed by atoms with Gasteiger partial charge in [-0.25, -0.2) is 4.79 Å². The van der Waals surface area contributed by atoms with Crippen LogP contribution in [0.3, 0.4) is 0 Å². The number of hydrogen-bond acceptors (Lipinski definition) is 2. The largest absolute Gasteiger partial charge is 0.465 e. The highest BCUT2D eigenvalue weighted by molar-refractivity contribution is 5.72. The van der Waals surface area contributed by atoms with Crippen LogP contribution in [0.5, 0.6) is 0 Å². The van der Waals surface area contributed by atoms with Crippen LogP contribution >= 0.6 is 0 Å². The van der Waals surface area contributed by atoms with Crippen LogP contribution < -0.4 is 0 Å². The van der Waals surface area contributed by atoms with E-state index in [-0.39, 0.29) is 0 Å². The summed E-state index contributed by atoms with van der Waals surface area (Å²) in [7, 11) is 0. The minimum Gasteiger partial charge on any atom is -0.465 e. The quantitative estimate of drug-likeness (QED) is 0.598. The second kappa shape index (κ2) is 3.56. The Hall–Kier alpha value is -1.06. The standard InChI is InChI=1S/C8H13NO3/c1-6-2-3-7(5-10)9(4-6)8(11)12/h5-7H,2-4H2,1H3,(H,11,12)/t6-,7-/m0/s1. The van der Waals surface area contributed by atoms with Crippen molar-refractivity contribution in [1.29, 1.82) is 0 Å². The van der Waals surface area contributed by atoms with Gasteiger partial charge in [0.15, 0.2) is 0 Å². The first-order valence-corrected chi connectivity index (χ1v) is 4.10. The molecule has 4 nitrogen and oxygen atoms in total. The van der Waals surface area contributed by atoms with Crippen molar-refractivity contribution in [2.45, 2.75) is 25.8 Å². The van der Waals surface area contributed by atoms with Crippen LogP contribution in [-0.2, 0) is 4.79 Å². The van der Waals surface area contributed by atoms with Crippen molar-refractivity contribution in [3.63, 3.8) is 0 Å². The van der Waals surface area contributed by atoms with Crippen molar-refractivity contribution in [3.05, 3.63) is 0 Å². The van der Waals surface area contributed by atoms with Gasteiger partial charge in [0.25, 0.3) is 0 Å². The molecule has 2 atom stereocenters. The van der Waals surface area contributed by atoms with Crippen molar-refractivity contribution >= 4 is 12.4 Å². The van der Waals surface area contributed by atoms with Crippen molar-refractivity contribution in [2.75, 3.05) is 6.54 Å². The summed E-state index contributed by atoms with van der Waals surface area (Å²) in [6.45, 7) is 2.48. The number of carbonyl (C=O) groups excluding carboxylic acids is 1. The molecule has 68 valence electrons. The zero-order valence-electron chi connectivity index (χ0n) is 7.06. The fourth-order valence-corrected chi connectivity index (χ4v) is 1.54. The van der Waals surface area contributed by atoms with Crippen LogP contribution in [0.25, 0.3) is 0 Å². The number of likely N-dealkylation sites (tertiary alicyclic amines) is 1. The second-order valence-electron chi connectivity index (χ2n) is 3.32. The summed E-state index contributed by atoms with van der Waals surface area (Å²) in [5.41, 5.74) is 0. The van der Waals surface area contributed by atoms with E-state index < -0.39 is 12.1 Å². The third kappa shape index (κ3) is 1.75. The Morgan fingerprint density at radius 2 is 2.25 bits per heavy atom. The maximum atomic E-state index is 10.6. The summed E-state index contributed by atoms with van der Waals surface area (Å²) >= 11 is 0.